The van der Waals surface area contributed by atoms with Crippen LogP contribution in [0.25, 0.3) is 0 Å². The van der Waals surface area contributed by atoms with Gasteiger partial charge in [0, 0.05) is 18.3 Å². The third-order valence-electron chi connectivity index (χ3n) is 5.29. The molecule has 1 fully saturated rings. The first-order chi connectivity index (χ1) is 13.0. The summed E-state index contributed by atoms with van der Waals surface area (Å²) in [6.07, 6.45) is 3.45. The number of esters is 1. The Morgan fingerprint density at radius 1 is 1.30 bits per heavy atom. The molecular formula is C20H27N3O4. The van der Waals surface area contributed by atoms with Gasteiger partial charge in [0.25, 0.3) is 0 Å². The first-order valence-electron chi connectivity index (χ1n) is 9.30. The van der Waals surface area contributed by atoms with E-state index in [0.717, 1.165) is 24.9 Å². The fourth-order valence-electron chi connectivity index (χ4n) is 3.76. The molecule has 1 saturated heterocycles. The van der Waals surface area contributed by atoms with Crippen molar-refractivity contribution >= 4 is 12.0 Å². The molecule has 2 heterocycles. The maximum atomic E-state index is 12.6. The lowest BCUT2D eigenvalue weighted by atomic mass is 9.94. The zero-order valence-corrected chi connectivity index (χ0v) is 16.1. The molecule has 7 heteroatoms. The molecule has 2 aliphatic rings. The van der Waals surface area contributed by atoms with E-state index in [4.69, 9.17) is 9.47 Å². The number of urea groups is 1. The first kappa shape index (κ1) is 19.2. The molecular weight excluding hydrogens is 346 g/mol. The van der Waals surface area contributed by atoms with Crippen molar-refractivity contribution in [3.05, 3.63) is 41.1 Å². The summed E-state index contributed by atoms with van der Waals surface area (Å²) < 4.78 is 10.3. The van der Waals surface area contributed by atoms with Crippen LogP contribution in [-0.4, -0.2) is 50.3 Å². The highest BCUT2D eigenvalue weighted by Gasteiger charge is 2.35. The quantitative estimate of drug-likeness (QED) is 0.775. The number of amides is 2. The van der Waals surface area contributed by atoms with Gasteiger partial charge in [0.2, 0.25) is 0 Å². The molecule has 0 bridgehead atoms. The lowest BCUT2D eigenvalue weighted by Gasteiger charge is -2.36. The molecule has 1 aromatic carbocycles. The lowest BCUT2D eigenvalue weighted by molar-refractivity contribution is -0.136. The summed E-state index contributed by atoms with van der Waals surface area (Å²) in [6, 6.07) is 6.84. The number of likely N-dealkylation sites (tertiary alicyclic amines) is 1. The molecule has 2 aliphatic heterocycles. The van der Waals surface area contributed by atoms with Crippen molar-refractivity contribution < 1.29 is 19.1 Å². The van der Waals surface area contributed by atoms with Crippen molar-refractivity contribution in [2.75, 3.05) is 27.3 Å². The number of benzene rings is 1. The lowest BCUT2D eigenvalue weighted by Crippen LogP contribution is -2.50. The van der Waals surface area contributed by atoms with Crippen LogP contribution in [0.5, 0.6) is 5.75 Å². The molecule has 146 valence electrons. The third-order valence-corrected chi connectivity index (χ3v) is 5.29. The zero-order chi connectivity index (χ0) is 19.4. The Morgan fingerprint density at radius 2 is 2.11 bits per heavy atom. The number of hydrogen-bond acceptors (Lipinski definition) is 5. The second kappa shape index (κ2) is 8.43. The molecule has 0 unspecified atom stereocenters. The predicted octanol–water partition coefficient (Wildman–Crippen LogP) is 2.35. The molecule has 1 aromatic rings. The van der Waals surface area contributed by atoms with Gasteiger partial charge in [-0.05, 0) is 44.0 Å². The van der Waals surface area contributed by atoms with Crippen LogP contribution in [0.3, 0.4) is 0 Å². The molecule has 3 rings (SSSR count). The number of nitrogens with one attached hydrogen (secondary N) is 2. The van der Waals surface area contributed by atoms with E-state index in [2.05, 4.69) is 22.5 Å². The SMILES string of the molecule is COC(=O)C1=C(CN2CCCC[C@@H]2C)NC(=O)N[C@@H]1c1cccc(OC)c1. The number of carbonyl (C=O) groups excluding carboxylic acids is 2. The van der Waals surface area contributed by atoms with Gasteiger partial charge in [0.1, 0.15) is 5.75 Å². The Balaban J connectivity index is 2.00. The van der Waals surface area contributed by atoms with Crippen LogP contribution < -0.4 is 15.4 Å². The topological polar surface area (TPSA) is 79.9 Å². The minimum atomic E-state index is -0.587. The molecule has 0 spiro atoms. The van der Waals surface area contributed by atoms with Gasteiger partial charge in [-0.3, -0.25) is 4.90 Å². The summed E-state index contributed by atoms with van der Waals surface area (Å²) in [6.45, 7) is 3.64. The Kier molecular flexibility index (Phi) is 6.01. The zero-order valence-electron chi connectivity index (χ0n) is 16.1. The third kappa shape index (κ3) is 4.24. The smallest absolute Gasteiger partial charge is 0.338 e. The van der Waals surface area contributed by atoms with Crippen LogP contribution in [0, 0.1) is 0 Å². The van der Waals surface area contributed by atoms with E-state index < -0.39 is 12.0 Å². The normalized spacial score (nSPS) is 23.4. The highest BCUT2D eigenvalue weighted by atomic mass is 16.5. The molecule has 0 aliphatic carbocycles. The van der Waals surface area contributed by atoms with Gasteiger partial charge in [0.05, 0.1) is 25.8 Å². The summed E-state index contributed by atoms with van der Waals surface area (Å²) in [5.74, 6) is 0.214. The number of carbonyl (C=O) groups is 2. The van der Waals surface area contributed by atoms with Crippen LogP contribution in [0.2, 0.25) is 0 Å². The van der Waals surface area contributed by atoms with Gasteiger partial charge in [-0.2, -0.15) is 0 Å². The Hall–Kier alpha value is -2.54. The number of piperidine rings is 1. The number of methoxy groups -OCH3 is 2. The van der Waals surface area contributed by atoms with Crippen LogP contribution in [0.15, 0.2) is 35.5 Å². The van der Waals surface area contributed by atoms with Crippen molar-refractivity contribution in [2.45, 2.75) is 38.3 Å². The molecule has 2 atom stereocenters. The van der Waals surface area contributed by atoms with Crippen LogP contribution in [0.1, 0.15) is 37.8 Å². The maximum absolute atomic E-state index is 12.6. The second-order valence-electron chi connectivity index (χ2n) is 7.01. The second-order valence-corrected chi connectivity index (χ2v) is 7.01. The summed E-state index contributed by atoms with van der Waals surface area (Å²) >= 11 is 0. The van der Waals surface area contributed by atoms with E-state index in [1.165, 1.54) is 13.5 Å². The minimum Gasteiger partial charge on any atom is -0.497 e. The van der Waals surface area contributed by atoms with Gasteiger partial charge < -0.3 is 20.1 Å². The summed E-state index contributed by atoms with van der Waals surface area (Å²) in [4.78, 5) is 27.3. The summed E-state index contributed by atoms with van der Waals surface area (Å²) in [5, 5.41) is 5.68. The fraction of sp³-hybridized carbons (Fsp3) is 0.500. The number of hydrogen-bond donors (Lipinski definition) is 2. The fourth-order valence-corrected chi connectivity index (χ4v) is 3.76. The highest BCUT2D eigenvalue weighted by molar-refractivity contribution is 5.95. The van der Waals surface area contributed by atoms with E-state index in [0.29, 0.717) is 29.6 Å². The van der Waals surface area contributed by atoms with Gasteiger partial charge in [-0.25, -0.2) is 9.59 Å². The van der Waals surface area contributed by atoms with E-state index >= 15 is 0 Å². The highest BCUT2D eigenvalue weighted by Crippen LogP contribution is 2.30. The van der Waals surface area contributed by atoms with Crippen LogP contribution in [-0.2, 0) is 9.53 Å². The largest absolute Gasteiger partial charge is 0.497 e. The number of rotatable bonds is 5. The molecule has 7 nitrogen and oxygen atoms in total. The van der Waals surface area contributed by atoms with Crippen molar-refractivity contribution in [1.29, 1.82) is 0 Å². The molecule has 0 radical (unpaired) electrons. The van der Waals surface area contributed by atoms with Gasteiger partial charge in [-0.1, -0.05) is 18.6 Å². The van der Waals surface area contributed by atoms with Crippen molar-refractivity contribution in [3.8, 4) is 5.75 Å². The Labute approximate surface area is 159 Å². The molecule has 2 N–H and O–H groups in total. The van der Waals surface area contributed by atoms with E-state index in [1.54, 1.807) is 7.11 Å². The van der Waals surface area contributed by atoms with Crippen LogP contribution >= 0.6 is 0 Å². The standard InChI is InChI=1S/C20H27N3O4/c1-13-7-4-5-10-23(13)12-16-17(19(24)27-3)18(22-20(25)21-16)14-8-6-9-15(11-14)26-2/h6,8-9,11,13,18H,4-5,7,10,12H2,1-3H3,(H2,21,22,25)/t13-,18+/m0/s1. The molecule has 2 amide bonds. The Bertz CT molecular complexity index is 746. The van der Waals surface area contributed by atoms with Crippen molar-refractivity contribution in [3.63, 3.8) is 0 Å². The Morgan fingerprint density at radius 3 is 2.81 bits per heavy atom. The predicted molar refractivity (Wildman–Crippen MR) is 101 cm³/mol. The van der Waals surface area contributed by atoms with Gasteiger partial charge in [0.15, 0.2) is 0 Å². The average molecular weight is 373 g/mol. The van der Waals surface area contributed by atoms with Crippen molar-refractivity contribution in [1.82, 2.24) is 15.5 Å². The molecule has 0 aromatic heterocycles. The summed E-state index contributed by atoms with van der Waals surface area (Å²) in [7, 11) is 2.94. The maximum Gasteiger partial charge on any atom is 0.338 e. The van der Waals surface area contributed by atoms with Gasteiger partial charge >= 0.3 is 12.0 Å². The summed E-state index contributed by atoms with van der Waals surface area (Å²) in [5.41, 5.74) is 1.81. The van der Waals surface area contributed by atoms with Crippen molar-refractivity contribution in [2.24, 2.45) is 0 Å². The molecule has 27 heavy (non-hydrogen) atoms. The van der Waals surface area contributed by atoms with E-state index in [1.807, 2.05) is 24.3 Å². The van der Waals surface area contributed by atoms with E-state index in [-0.39, 0.29) is 6.03 Å². The number of ether oxygens (including phenoxy) is 2. The van der Waals surface area contributed by atoms with Gasteiger partial charge in [-0.15, -0.1) is 0 Å². The minimum absolute atomic E-state index is 0.324. The van der Waals surface area contributed by atoms with E-state index in [9.17, 15) is 9.59 Å². The number of nitrogens with zero attached hydrogens (tertiary/aromatic N) is 1. The van der Waals surface area contributed by atoms with Crippen LogP contribution in [0.4, 0.5) is 4.79 Å². The molecule has 0 saturated carbocycles. The average Bonchev–Trinajstić information content (AvgIpc) is 2.69. The monoisotopic (exact) mass is 373 g/mol. The first-order valence-corrected chi connectivity index (χ1v) is 9.30.